The molecule has 0 fully saturated rings. The second kappa shape index (κ2) is 3.82. The molecule has 5 heteroatoms. The van der Waals surface area contributed by atoms with Crippen LogP contribution in [0.25, 0.3) is 11.3 Å². The molecule has 0 aliphatic carbocycles. The van der Waals surface area contributed by atoms with Crippen molar-refractivity contribution in [2.45, 2.75) is 0 Å². The normalized spacial score (nSPS) is 10.3. The van der Waals surface area contributed by atoms with E-state index < -0.39 is 0 Å². The van der Waals surface area contributed by atoms with Crippen LogP contribution in [0, 0.1) is 5.82 Å². The molecule has 0 aliphatic heterocycles. The molecule has 2 aromatic rings. The summed E-state index contributed by atoms with van der Waals surface area (Å²) in [6.45, 7) is 0. The first-order valence-corrected chi connectivity index (χ1v) is 4.59. The number of benzene rings is 1. The van der Waals surface area contributed by atoms with Gasteiger partial charge in [0.15, 0.2) is 5.15 Å². The molecule has 1 aromatic carbocycles. The van der Waals surface area contributed by atoms with E-state index >= 15 is 0 Å². The van der Waals surface area contributed by atoms with Gasteiger partial charge in [0.05, 0.1) is 11.4 Å². The Morgan fingerprint density at radius 3 is 2.40 bits per heavy atom. The van der Waals surface area contributed by atoms with Crippen LogP contribution in [-0.4, -0.2) is 10.2 Å². The average Bonchev–Trinajstić information content (AvgIpc) is 2.23. The van der Waals surface area contributed by atoms with E-state index in [2.05, 4.69) is 10.2 Å². The second-order valence-corrected chi connectivity index (χ2v) is 3.34. The van der Waals surface area contributed by atoms with E-state index in [1.807, 2.05) is 0 Å². The number of halogens is 2. The Hall–Kier alpha value is -1.68. The highest BCUT2D eigenvalue weighted by Gasteiger charge is 2.04. The molecule has 0 spiro atoms. The highest BCUT2D eigenvalue weighted by molar-refractivity contribution is 6.31. The third-order valence-corrected chi connectivity index (χ3v) is 2.21. The van der Waals surface area contributed by atoms with Crippen molar-refractivity contribution in [1.82, 2.24) is 10.2 Å². The molecule has 1 heterocycles. The van der Waals surface area contributed by atoms with E-state index in [9.17, 15) is 4.39 Å². The van der Waals surface area contributed by atoms with Gasteiger partial charge in [0.1, 0.15) is 5.82 Å². The van der Waals surface area contributed by atoms with E-state index in [-0.39, 0.29) is 11.0 Å². The Morgan fingerprint density at radius 1 is 1.13 bits per heavy atom. The van der Waals surface area contributed by atoms with Gasteiger partial charge in [0.2, 0.25) is 0 Å². The molecule has 0 amide bonds. The Morgan fingerprint density at radius 2 is 1.80 bits per heavy atom. The van der Waals surface area contributed by atoms with Crippen LogP contribution in [0.3, 0.4) is 0 Å². The summed E-state index contributed by atoms with van der Waals surface area (Å²) in [4.78, 5) is 0. The molecule has 15 heavy (non-hydrogen) atoms. The monoisotopic (exact) mass is 223 g/mol. The van der Waals surface area contributed by atoms with Crippen LogP contribution in [0.5, 0.6) is 0 Å². The summed E-state index contributed by atoms with van der Waals surface area (Å²) in [5.74, 6) is -0.298. The van der Waals surface area contributed by atoms with E-state index in [1.54, 1.807) is 18.2 Å². The molecule has 0 atom stereocenters. The number of rotatable bonds is 1. The highest BCUT2D eigenvalue weighted by atomic mass is 35.5. The summed E-state index contributed by atoms with van der Waals surface area (Å²) in [5.41, 5.74) is 7.24. The summed E-state index contributed by atoms with van der Waals surface area (Å²) in [7, 11) is 0. The van der Waals surface area contributed by atoms with Crippen molar-refractivity contribution in [2.75, 3.05) is 5.73 Å². The number of nitrogens with two attached hydrogens (primary N) is 1. The molecule has 0 aliphatic rings. The van der Waals surface area contributed by atoms with Crippen molar-refractivity contribution in [2.24, 2.45) is 0 Å². The lowest BCUT2D eigenvalue weighted by Gasteiger charge is -2.01. The summed E-state index contributed by atoms with van der Waals surface area (Å²) in [6.07, 6.45) is 0. The molecule has 1 aromatic heterocycles. The van der Waals surface area contributed by atoms with Crippen molar-refractivity contribution < 1.29 is 4.39 Å². The van der Waals surface area contributed by atoms with Crippen LogP contribution < -0.4 is 5.73 Å². The third-order valence-electron chi connectivity index (χ3n) is 1.92. The number of nitrogen functional groups attached to an aromatic ring is 1. The topological polar surface area (TPSA) is 51.8 Å². The molecule has 0 saturated carbocycles. The molecule has 0 radical (unpaired) electrons. The minimum absolute atomic E-state index is 0.167. The van der Waals surface area contributed by atoms with Crippen LogP contribution >= 0.6 is 11.6 Å². The molecule has 0 unspecified atom stereocenters. The Bertz CT molecular complexity index is 485. The third kappa shape index (κ3) is 2.05. The van der Waals surface area contributed by atoms with Gasteiger partial charge in [-0.2, -0.15) is 0 Å². The molecular formula is C10H7ClFN3. The van der Waals surface area contributed by atoms with Crippen LogP contribution in [-0.2, 0) is 0 Å². The van der Waals surface area contributed by atoms with Gasteiger partial charge in [-0.15, -0.1) is 10.2 Å². The van der Waals surface area contributed by atoms with Gasteiger partial charge in [-0.05, 0) is 30.3 Å². The first-order valence-electron chi connectivity index (χ1n) is 4.21. The average molecular weight is 224 g/mol. The lowest BCUT2D eigenvalue weighted by molar-refractivity contribution is 0.628. The molecule has 2 rings (SSSR count). The summed E-state index contributed by atoms with van der Waals surface area (Å²) in [6, 6.07) is 7.51. The maximum atomic E-state index is 12.7. The quantitative estimate of drug-likeness (QED) is 0.808. The molecule has 0 bridgehead atoms. The first kappa shape index (κ1) is 9.86. The summed E-state index contributed by atoms with van der Waals surface area (Å²) in [5, 5.41) is 7.70. The SMILES string of the molecule is Nc1cc(-c2ccc(F)cc2)nnc1Cl. The molecule has 3 nitrogen and oxygen atoms in total. The predicted molar refractivity (Wildman–Crippen MR) is 56.8 cm³/mol. The predicted octanol–water partition coefficient (Wildman–Crippen LogP) is 2.52. The minimum atomic E-state index is -0.298. The smallest absolute Gasteiger partial charge is 0.174 e. The first-order chi connectivity index (χ1) is 7.16. The number of anilines is 1. The molecular weight excluding hydrogens is 217 g/mol. The van der Waals surface area contributed by atoms with Crippen molar-refractivity contribution in [3.05, 3.63) is 41.3 Å². The second-order valence-electron chi connectivity index (χ2n) is 2.98. The van der Waals surface area contributed by atoms with Gasteiger partial charge in [0, 0.05) is 5.56 Å². The largest absolute Gasteiger partial charge is 0.396 e. The zero-order valence-electron chi connectivity index (χ0n) is 7.61. The van der Waals surface area contributed by atoms with Crippen LogP contribution in [0.4, 0.5) is 10.1 Å². The van der Waals surface area contributed by atoms with Gasteiger partial charge in [0.25, 0.3) is 0 Å². The van der Waals surface area contributed by atoms with E-state index in [4.69, 9.17) is 17.3 Å². The molecule has 76 valence electrons. The van der Waals surface area contributed by atoms with Gasteiger partial charge in [-0.3, -0.25) is 0 Å². The fourth-order valence-corrected chi connectivity index (χ4v) is 1.25. The Kier molecular flexibility index (Phi) is 2.51. The van der Waals surface area contributed by atoms with E-state index in [1.165, 1.54) is 12.1 Å². The lowest BCUT2D eigenvalue weighted by Crippen LogP contribution is -1.94. The molecule has 2 N–H and O–H groups in total. The number of nitrogens with zero attached hydrogens (tertiary/aromatic N) is 2. The van der Waals surface area contributed by atoms with Gasteiger partial charge in [-0.25, -0.2) is 4.39 Å². The number of hydrogen-bond donors (Lipinski definition) is 1. The fourth-order valence-electron chi connectivity index (χ4n) is 1.15. The Balaban J connectivity index is 2.45. The van der Waals surface area contributed by atoms with Crippen molar-refractivity contribution >= 4 is 17.3 Å². The van der Waals surface area contributed by atoms with Gasteiger partial charge >= 0.3 is 0 Å². The van der Waals surface area contributed by atoms with Crippen molar-refractivity contribution in [3.8, 4) is 11.3 Å². The van der Waals surface area contributed by atoms with Gasteiger partial charge < -0.3 is 5.73 Å². The maximum absolute atomic E-state index is 12.7. The zero-order valence-corrected chi connectivity index (χ0v) is 8.37. The highest BCUT2D eigenvalue weighted by Crippen LogP contribution is 2.22. The number of aromatic nitrogens is 2. The zero-order chi connectivity index (χ0) is 10.8. The maximum Gasteiger partial charge on any atom is 0.174 e. The van der Waals surface area contributed by atoms with Gasteiger partial charge in [-0.1, -0.05) is 11.6 Å². The number of hydrogen-bond acceptors (Lipinski definition) is 3. The van der Waals surface area contributed by atoms with Crippen LogP contribution in [0.15, 0.2) is 30.3 Å². The van der Waals surface area contributed by atoms with Crippen LogP contribution in [0.1, 0.15) is 0 Å². The van der Waals surface area contributed by atoms with Crippen LogP contribution in [0.2, 0.25) is 5.15 Å². The van der Waals surface area contributed by atoms with E-state index in [0.717, 1.165) is 5.56 Å². The van der Waals surface area contributed by atoms with Crippen molar-refractivity contribution in [1.29, 1.82) is 0 Å². The van der Waals surface area contributed by atoms with Crippen molar-refractivity contribution in [3.63, 3.8) is 0 Å². The fraction of sp³-hybridized carbons (Fsp3) is 0. The standard InChI is InChI=1S/C10H7ClFN3/c11-10-8(13)5-9(14-15-10)6-1-3-7(12)4-2-6/h1-5H,(H2,13,14). The lowest BCUT2D eigenvalue weighted by atomic mass is 10.1. The summed E-state index contributed by atoms with van der Waals surface area (Å²) >= 11 is 5.63. The molecule has 0 saturated heterocycles. The minimum Gasteiger partial charge on any atom is -0.396 e. The Labute approximate surface area is 90.7 Å². The van der Waals surface area contributed by atoms with E-state index in [0.29, 0.717) is 11.4 Å². The summed E-state index contributed by atoms with van der Waals surface area (Å²) < 4.78 is 12.7.